The van der Waals surface area contributed by atoms with Gasteiger partial charge >= 0.3 is 0 Å². The van der Waals surface area contributed by atoms with E-state index in [1.807, 2.05) is 23.6 Å². The number of aromatic nitrogens is 1. The number of rotatable bonds is 7. The van der Waals surface area contributed by atoms with E-state index in [-0.39, 0.29) is 23.3 Å². The summed E-state index contributed by atoms with van der Waals surface area (Å²) in [5.41, 5.74) is 2.14. The molecule has 4 rings (SSSR count). The Morgan fingerprint density at radius 1 is 1.03 bits per heavy atom. The lowest BCUT2D eigenvalue weighted by Gasteiger charge is -2.06. The van der Waals surface area contributed by atoms with E-state index in [2.05, 4.69) is 15.6 Å². The molecule has 0 bridgehead atoms. The van der Waals surface area contributed by atoms with Crippen LogP contribution in [-0.4, -0.2) is 22.6 Å². The maximum atomic E-state index is 12.4. The third-order valence-electron chi connectivity index (χ3n) is 4.17. The summed E-state index contributed by atoms with van der Waals surface area (Å²) in [4.78, 5) is 29.7. The fraction of sp³-hybridized carbons (Fsp3) is 0.0455. The summed E-state index contributed by atoms with van der Waals surface area (Å²) in [6.45, 7) is 0. The molecule has 2 aromatic heterocycles. The second-order valence-electron chi connectivity index (χ2n) is 6.46. The van der Waals surface area contributed by atoms with E-state index in [4.69, 9.17) is 27.6 Å². The Bertz CT molecular complexity index is 1260. The van der Waals surface area contributed by atoms with E-state index in [1.54, 1.807) is 36.4 Å². The zero-order chi connectivity index (χ0) is 22.5. The van der Waals surface area contributed by atoms with Gasteiger partial charge in [0.2, 0.25) is 5.91 Å². The number of anilines is 2. The summed E-state index contributed by atoms with van der Waals surface area (Å²) in [6, 6.07) is 15.7. The van der Waals surface area contributed by atoms with Crippen LogP contribution in [0.1, 0.15) is 10.6 Å². The summed E-state index contributed by atoms with van der Waals surface area (Å²) >= 11 is 14.7. The summed E-state index contributed by atoms with van der Waals surface area (Å²) in [6.07, 6.45) is 1.44. The number of furan rings is 1. The second-order valence-corrected chi connectivity index (χ2v) is 9.18. The third kappa shape index (κ3) is 5.72. The molecular formula is C22H15Cl2N3O3S2. The molecule has 0 saturated carbocycles. The van der Waals surface area contributed by atoms with E-state index in [0.29, 0.717) is 26.6 Å². The molecular weight excluding hydrogens is 489 g/mol. The lowest BCUT2D eigenvalue weighted by atomic mass is 10.2. The van der Waals surface area contributed by atoms with Gasteiger partial charge in [-0.25, -0.2) is 4.98 Å². The summed E-state index contributed by atoms with van der Waals surface area (Å²) in [7, 11) is 0. The fourth-order valence-corrected chi connectivity index (χ4v) is 4.48. The number of carbonyl (C=O) groups excluding carboxylic acids is 2. The Morgan fingerprint density at radius 3 is 2.69 bits per heavy atom. The van der Waals surface area contributed by atoms with Crippen LogP contribution in [0, 0.1) is 0 Å². The quantitative estimate of drug-likeness (QED) is 0.274. The van der Waals surface area contributed by atoms with Gasteiger partial charge in [-0.05, 0) is 42.5 Å². The molecule has 0 unspecified atom stereocenters. The minimum absolute atomic E-state index is 0.185. The van der Waals surface area contributed by atoms with Crippen LogP contribution in [0.4, 0.5) is 10.8 Å². The Hall–Kier alpha value is -2.78. The molecule has 0 spiro atoms. The number of halogens is 2. The predicted molar refractivity (Wildman–Crippen MR) is 130 cm³/mol. The molecule has 0 saturated heterocycles. The molecule has 0 aliphatic rings. The summed E-state index contributed by atoms with van der Waals surface area (Å²) < 4.78 is 5.09. The van der Waals surface area contributed by atoms with Crippen molar-refractivity contribution in [3.8, 4) is 11.3 Å². The molecule has 0 radical (unpaired) electrons. The Balaban J connectivity index is 1.32. The van der Waals surface area contributed by atoms with Crippen molar-refractivity contribution in [1.29, 1.82) is 0 Å². The number of thiazole rings is 1. The average Bonchev–Trinajstić information content (AvgIpc) is 3.47. The van der Waals surface area contributed by atoms with E-state index in [1.165, 1.54) is 29.4 Å². The van der Waals surface area contributed by atoms with Gasteiger partial charge < -0.3 is 15.1 Å². The van der Waals surface area contributed by atoms with Gasteiger partial charge in [-0.1, -0.05) is 35.3 Å². The highest BCUT2D eigenvalue weighted by Gasteiger charge is 2.11. The molecule has 2 amide bonds. The molecule has 162 valence electrons. The standard InChI is InChI=1S/C22H15Cl2N3O3S2/c23-16-7-6-13(9-17(16)24)18-11-32-22(26-18)27-20(28)12-31-15-4-1-3-14(10-15)25-21(29)19-5-2-8-30-19/h1-11H,12H2,(H,25,29)(H,26,27,28). The molecule has 0 atom stereocenters. The Kier molecular flexibility index (Phi) is 7.16. The van der Waals surface area contributed by atoms with Crippen LogP contribution >= 0.6 is 46.3 Å². The summed E-state index contributed by atoms with van der Waals surface area (Å²) in [5, 5.41) is 8.82. The number of thioether (sulfide) groups is 1. The van der Waals surface area contributed by atoms with Gasteiger partial charge in [0, 0.05) is 21.5 Å². The van der Waals surface area contributed by atoms with Crippen molar-refractivity contribution in [3.05, 3.63) is 82.0 Å². The average molecular weight is 504 g/mol. The van der Waals surface area contributed by atoms with Crippen LogP contribution in [0.25, 0.3) is 11.3 Å². The highest BCUT2D eigenvalue weighted by atomic mass is 35.5. The van der Waals surface area contributed by atoms with Gasteiger partial charge in [0.25, 0.3) is 5.91 Å². The van der Waals surface area contributed by atoms with Gasteiger partial charge in [0.1, 0.15) is 0 Å². The normalized spacial score (nSPS) is 10.7. The maximum absolute atomic E-state index is 12.4. The van der Waals surface area contributed by atoms with Crippen LogP contribution in [-0.2, 0) is 4.79 Å². The van der Waals surface area contributed by atoms with Crippen LogP contribution < -0.4 is 10.6 Å². The molecule has 6 nitrogen and oxygen atoms in total. The van der Waals surface area contributed by atoms with Gasteiger partial charge in [-0.2, -0.15) is 0 Å². The smallest absolute Gasteiger partial charge is 0.291 e. The van der Waals surface area contributed by atoms with Crippen LogP contribution in [0.15, 0.2) is 75.6 Å². The van der Waals surface area contributed by atoms with Crippen LogP contribution in [0.3, 0.4) is 0 Å². The van der Waals surface area contributed by atoms with Gasteiger partial charge in [-0.15, -0.1) is 23.1 Å². The SMILES string of the molecule is O=C(CSc1cccc(NC(=O)c2ccco2)c1)Nc1nc(-c2ccc(Cl)c(Cl)c2)cs1. The van der Waals surface area contributed by atoms with Crippen molar-refractivity contribution in [3.63, 3.8) is 0 Å². The lowest BCUT2D eigenvalue weighted by molar-refractivity contribution is -0.113. The molecule has 2 heterocycles. The first kappa shape index (κ1) is 22.4. The largest absolute Gasteiger partial charge is 0.459 e. The maximum Gasteiger partial charge on any atom is 0.291 e. The van der Waals surface area contributed by atoms with E-state index in [9.17, 15) is 9.59 Å². The molecule has 32 heavy (non-hydrogen) atoms. The van der Waals surface area contributed by atoms with Crippen LogP contribution in [0.5, 0.6) is 0 Å². The predicted octanol–water partition coefficient (Wildman–Crippen LogP) is 6.69. The van der Waals surface area contributed by atoms with Gasteiger partial charge in [0.15, 0.2) is 10.9 Å². The van der Waals surface area contributed by atoms with Crippen LogP contribution in [0.2, 0.25) is 10.0 Å². The zero-order valence-electron chi connectivity index (χ0n) is 16.3. The van der Waals surface area contributed by atoms with Crippen molar-refractivity contribution < 1.29 is 14.0 Å². The van der Waals surface area contributed by atoms with Gasteiger partial charge in [0.05, 0.1) is 27.8 Å². The molecule has 4 aromatic rings. The minimum Gasteiger partial charge on any atom is -0.459 e. The monoisotopic (exact) mass is 503 g/mol. The van der Waals surface area contributed by atoms with Crippen molar-refractivity contribution in [1.82, 2.24) is 4.98 Å². The van der Waals surface area contributed by atoms with Crippen molar-refractivity contribution in [2.75, 3.05) is 16.4 Å². The first-order valence-corrected chi connectivity index (χ1v) is 11.9. The van der Waals surface area contributed by atoms with Gasteiger partial charge in [-0.3, -0.25) is 9.59 Å². The molecule has 2 N–H and O–H groups in total. The molecule has 0 aliphatic carbocycles. The number of carbonyl (C=O) groups is 2. The zero-order valence-corrected chi connectivity index (χ0v) is 19.4. The molecule has 0 fully saturated rings. The van der Waals surface area contributed by atoms with E-state index < -0.39 is 0 Å². The lowest BCUT2D eigenvalue weighted by Crippen LogP contribution is -2.14. The van der Waals surface area contributed by atoms with Crippen molar-refractivity contribution >= 4 is 68.9 Å². The third-order valence-corrected chi connectivity index (χ3v) is 6.66. The van der Waals surface area contributed by atoms with Crippen molar-refractivity contribution in [2.24, 2.45) is 0 Å². The number of amides is 2. The van der Waals surface area contributed by atoms with E-state index in [0.717, 1.165) is 10.5 Å². The Morgan fingerprint density at radius 2 is 1.91 bits per heavy atom. The first-order chi connectivity index (χ1) is 15.5. The minimum atomic E-state index is -0.337. The van der Waals surface area contributed by atoms with Crippen molar-refractivity contribution in [2.45, 2.75) is 4.90 Å². The number of nitrogens with zero attached hydrogens (tertiary/aromatic N) is 1. The number of hydrogen-bond acceptors (Lipinski definition) is 6. The number of nitrogens with one attached hydrogen (secondary N) is 2. The number of hydrogen-bond donors (Lipinski definition) is 2. The summed E-state index contributed by atoms with van der Waals surface area (Å²) in [5.74, 6) is -0.102. The fourth-order valence-electron chi connectivity index (χ4n) is 2.69. The first-order valence-electron chi connectivity index (χ1n) is 9.26. The van der Waals surface area contributed by atoms with E-state index >= 15 is 0 Å². The number of benzene rings is 2. The molecule has 2 aromatic carbocycles. The topological polar surface area (TPSA) is 84.2 Å². The second kappa shape index (κ2) is 10.2. The highest BCUT2D eigenvalue weighted by molar-refractivity contribution is 8.00. The Labute approximate surface area is 202 Å². The molecule has 0 aliphatic heterocycles. The molecule has 10 heteroatoms. The highest BCUT2D eigenvalue weighted by Crippen LogP contribution is 2.30.